The van der Waals surface area contributed by atoms with Gasteiger partial charge < -0.3 is 79.1 Å². The molecule has 2 heterocycles. The fraction of sp³-hybridized carbons (Fsp3) is 0.936. The van der Waals surface area contributed by atoms with Crippen LogP contribution in [0.3, 0.4) is 0 Å². The molecule has 2 saturated heterocycles. The Balaban J connectivity index is 2.73. The number of carbonyl (C=O) groups is 6. The second-order valence-corrected chi connectivity index (χ2v) is 36.1. The number of aliphatic hydroxyl groups excluding tert-OH is 5. The van der Waals surface area contributed by atoms with Gasteiger partial charge in [0.15, 0.2) is 24.8 Å². The zero-order valence-corrected chi connectivity index (χ0v) is 76.8. The normalized spacial score (nSPS) is 20.5. The molecule has 2 rings (SSSR count). The molecular weight excluding hydrogens is 1540 g/mol. The summed E-state index contributed by atoms with van der Waals surface area (Å²) in [5.74, 6) is -4.56. The molecular formula is C94H177N2O22P. The van der Waals surface area contributed by atoms with Gasteiger partial charge >= 0.3 is 31.7 Å². The lowest BCUT2D eigenvalue weighted by Gasteiger charge is -2.46. The molecule has 0 saturated carbocycles. The summed E-state index contributed by atoms with van der Waals surface area (Å²) in [5, 5.41) is 63.2. The molecule has 24 nitrogen and oxygen atoms in total. The van der Waals surface area contributed by atoms with E-state index in [4.69, 9.17) is 37.7 Å². The van der Waals surface area contributed by atoms with Gasteiger partial charge in [0.25, 0.3) is 0 Å². The summed E-state index contributed by atoms with van der Waals surface area (Å²) in [7, 11) is -5.62. The Morgan fingerprint density at radius 3 is 1.03 bits per heavy atom. The molecule has 700 valence electrons. The molecule has 0 aliphatic carbocycles. The van der Waals surface area contributed by atoms with Crippen LogP contribution in [-0.4, -0.2) is 170 Å². The Morgan fingerprint density at radius 1 is 0.353 bits per heavy atom. The lowest BCUT2D eigenvalue weighted by atomic mass is 9.95. The van der Waals surface area contributed by atoms with Crippen molar-refractivity contribution in [3.05, 3.63) is 0 Å². The van der Waals surface area contributed by atoms with Gasteiger partial charge in [-0.3, -0.25) is 33.3 Å². The van der Waals surface area contributed by atoms with Gasteiger partial charge in [0, 0.05) is 12.8 Å². The highest BCUT2D eigenvalue weighted by molar-refractivity contribution is 7.46. The molecule has 2 aliphatic heterocycles. The quantitative estimate of drug-likeness (QED) is 0.0118. The third-order valence-electron chi connectivity index (χ3n) is 23.6. The van der Waals surface area contributed by atoms with Crippen molar-refractivity contribution < 1.29 is 106 Å². The second kappa shape index (κ2) is 74.8. The summed E-state index contributed by atoms with van der Waals surface area (Å²) in [5.41, 5.74) is 0. The maximum absolute atomic E-state index is 15.1. The van der Waals surface area contributed by atoms with Crippen molar-refractivity contribution in [2.45, 2.75) is 551 Å². The van der Waals surface area contributed by atoms with Crippen LogP contribution in [0.2, 0.25) is 0 Å². The first kappa shape index (κ1) is 112. The van der Waals surface area contributed by atoms with E-state index in [1.165, 1.54) is 116 Å². The highest BCUT2D eigenvalue weighted by Crippen LogP contribution is 2.43. The molecule has 0 aromatic rings. The first-order valence-corrected chi connectivity index (χ1v) is 50.5. The van der Waals surface area contributed by atoms with Crippen LogP contribution in [0.5, 0.6) is 0 Å². The molecule has 0 spiro atoms. The number of nitrogens with one attached hydrogen (secondary N) is 2. The number of hydrogen-bond donors (Lipinski definition) is 9. The van der Waals surface area contributed by atoms with E-state index >= 15 is 4.79 Å². The van der Waals surface area contributed by atoms with E-state index < -0.39 is 168 Å². The van der Waals surface area contributed by atoms with Gasteiger partial charge in [-0.15, -0.1) is 0 Å². The summed E-state index contributed by atoms with van der Waals surface area (Å²) in [4.78, 5) is 107. The fourth-order valence-corrected chi connectivity index (χ4v) is 16.9. The number of unbranched alkanes of at least 4 members (excludes halogenated alkanes) is 50. The number of rotatable bonds is 82. The van der Waals surface area contributed by atoms with Gasteiger partial charge in [0.1, 0.15) is 48.7 Å². The molecule has 0 aromatic heterocycles. The lowest BCUT2D eigenvalue weighted by molar-refractivity contribution is -0.298. The Kier molecular flexibility index (Phi) is 70.2. The minimum Gasteiger partial charge on any atom is -0.462 e. The van der Waals surface area contributed by atoms with E-state index in [1.54, 1.807) is 0 Å². The average Bonchev–Trinajstić information content (AvgIpc) is 0.777. The number of hydrogen-bond acceptors (Lipinski definition) is 20. The molecule has 2 fully saturated rings. The minimum absolute atomic E-state index is 0.111. The van der Waals surface area contributed by atoms with E-state index in [1.807, 2.05) is 0 Å². The van der Waals surface area contributed by atoms with Gasteiger partial charge in [0.2, 0.25) is 11.8 Å². The number of phosphoric ester groups is 1. The number of carbonyl (C=O) groups excluding carboxylic acids is 6. The van der Waals surface area contributed by atoms with Crippen LogP contribution >= 0.6 is 7.82 Å². The average molecular weight is 1720 g/mol. The van der Waals surface area contributed by atoms with Crippen molar-refractivity contribution >= 4 is 43.5 Å². The number of aliphatic hydroxyl groups is 5. The van der Waals surface area contributed by atoms with Crippen LogP contribution in [-0.2, 0) is 71.0 Å². The van der Waals surface area contributed by atoms with Gasteiger partial charge in [-0.25, -0.2) is 4.57 Å². The van der Waals surface area contributed by atoms with Crippen molar-refractivity contribution in [1.29, 1.82) is 0 Å². The molecule has 14 atom stereocenters. The Labute approximate surface area is 721 Å². The Morgan fingerprint density at radius 2 is 0.664 bits per heavy atom. The molecule has 119 heavy (non-hydrogen) atoms. The molecule has 4 unspecified atom stereocenters. The first-order valence-electron chi connectivity index (χ1n) is 49.0. The van der Waals surface area contributed by atoms with E-state index in [9.17, 15) is 63.9 Å². The first-order chi connectivity index (χ1) is 57.6. The van der Waals surface area contributed by atoms with Crippen LogP contribution in [0.4, 0.5) is 0 Å². The summed E-state index contributed by atoms with van der Waals surface area (Å²) in [6.45, 7) is 11.2. The Bertz CT molecular complexity index is 2520. The van der Waals surface area contributed by atoms with Crippen molar-refractivity contribution in [3.8, 4) is 0 Å². The van der Waals surface area contributed by atoms with Gasteiger partial charge in [-0.2, -0.15) is 0 Å². The van der Waals surface area contributed by atoms with Gasteiger partial charge in [-0.1, -0.05) is 375 Å². The summed E-state index contributed by atoms with van der Waals surface area (Å²) >= 11 is 0. The van der Waals surface area contributed by atoms with Crippen LogP contribution in [0, 0.1) is 0 Å². The number of amides is 2. The predicted octanol–water partition coefficient (Wildman–Crippen LogP) is 20.5. The van der Waals surface area contributed by atoms with E-state index in [2.05, 4.69) is 52.2 Å². The molecule has 25 heteroatoms. The smallest absolute Gasteiger partial charge is 0.462 e. The standard InChI is InChI=1S/C94H177N2O22P/c1-7-13-19-25-31-37-38-44-50-56-62-68-84(103)113-78(66-60-54-48-42-35-29-23-17-11-5)72-86(105)117-92-88(96-82(101)71-77(65-59-53-47-41-34-28-22-16-10-4)112-83(102)67-61-55-49-43-36-30-24-18-12-6)94(115-79(73-97)90(92)118-119(108,109)110)111-74-80-89(106)91(116-85(104)70-76(99)64-58-52-46-40-33-27-21-15-9-3)87(93(107)114-80)95-81(100)69-75(98)63-57-51-45-39-32-26-20-14-8-2/h75-80,87-94,97-99,106-107H,7-74H2,1-6H3,(H,95,100)(H,96,101)(H2,108,109,110)/t75-,76-,77-,78+,79?,80?,87+,88+,89-,90-,91?,92?,93+,94-/m1/s1. The highest BCUT2D eigenvalue weighted by atomic mass is 31.2. The van der Waals surface area contributed by atoms with Gasteiger partial charge in [0.05, 0.1) is 51.1 Å². The highest BCUT2D eigenvalue weighted by Gasteiger charge is 2.54. The molecule has 0 aromatic carbocycles. The summed E-state index contributed by atoms with van der Waals surface area (Å²) in [6.07, 6.45) is 38.1. The third-order valence-corrected chi connectivity index (χ3v) is 24.1. The van der Waals surface area contributed by atoms with Crippen LogP contribution in [0.15, 0.2) is 0 Å². The van der Waals surface area contributed by atoms with Crippen LogP contribution in [0.1, 0.15) is 465 Å². The monoisotopic (exact) mass is 1720 g/mol. The summed E-state index contributed by atoms with van der Waals surface area (Å²) in [6, 6.07) is -3.47. The zero-order valence-electron chi connectivity index (χ0n) is 75.9. The minimum atomic E-state index is -5.62. The number of ether oxygens (including phenoxy) is 7. The Hall–Kier alpha value is -3.39. The van der Waals surface area contributed by atoms with Crippen molar-refractivity contribution in [3.63, 3.8) is 0 Å². The maximum atomic E-state index is 15.1. The van der Waals surface area contributed by atoms with E-state index in [0.717, 1.165) is 205 Å². The summed E-state index contributed by atoms with van der Waals surface area (Å²) < 4.78 is 61.8. The van der Waals surface area contributed by atoms with Crippen LogP contribution < -0.4 is 10.6 Å². The van der Waals surface area contributed by atoms with Gasteiger partial charge in [-0.05, 0) is 51.4 Å². The zero-order chi connectivity index (χ0) is 87.2. The number of esters is 4. The SMILES string of the molecule is CCCCCCCCCCCCCC(=O)O[C@@H](CCCCCCCCCCC)CC(=O)OC1[C@H](OP(=O)(O)O)C(CO)O[C@@H](OCC2O[C@H](O)[C@@H](NC(=O)C[C@H](O)CCCCCCCCCCC)C(OC(=O)C[C@H](O)CCCCCCCCCCC)[C@@H]2O)[C@H]1NC(=O)C[C@@H](CCCCCCCCCCC)OC(=O)CCCCCCCCCCC. The fourth-order valence-electron chi connectivity index (χ4n) is 16.4. The predicted molar refractivity (Wildman–Crippen MR) is 470 cm³/mol. The third kappa shape index (κ3) is 59.3. The maximum Gasteiger partial charge on any atom is 0.470 e. The number of phosphoric acid groups is 1. The van der Waals surface area contributed by atoms with E-state index in [0.29, 0.717) is 51.4 Å². The van der Waals surface area contributed by atoms with Crippen molar-refractivity contribution in [2.75, 3.05) is 13.2 Å². The lowest BCUT2D eigenvalue weighted by Crippen LogP contribution is -2.68. The molecule has 2 amide bonds. The topological polar surface area (TPSA) is 359 Å². The molecule has 0 bridgehead atoms. The largest absolute Gasteiger partial charge is 0.470 e. The second-order valence-electron chi connectivity index (χ2n) is 35.0. The molecule has 0 radical (unpaired) electrons. The van der Waals surface area contributed by atoms with Crippen molar-refractivity contribution in [1.82, 2.24) is 10.6 Å². The van der Waals surface area contributed by atoms with Crippen LogP contribution in [0.25, 0.3) is 0 Å². The molecule has 2 aliphatic rings. The molecule has 9 N–H and O–H groups in total. The van der Waals surface area contributed by atoms with E-state index in [-0.39, 0.29) is 25.7 Å². The van der Waals surface area contributed by atoms with Crippen molar-refractivity contribution in [2.24, 2.45) is 0 Å².